The van der Waals surface area contributed by atoms with Crippen LogP contribution in [0.15, 0.2) is 67.3 Å². The van der Waals surface area contributed by atoms with Gasteiger partial charge in [0.25, 0.3) is 5.91 Å². The van der Waals surface area contributed by atoms with Gasteiger partial charge < -0.3 is 5.32 Å². The third kappa shape index (κ3) is 3.76. The fraction of sp³-hybridized carbons (Fsp3) is 0.182. The maximum Gasteiger partial charge on any atom is 0.252 e. The molecule has 0 bridgehead atoms. The van der Waals surface area contributed by atoms with Crippen LogP contribution >= 0.6 is 0 Å². The molecule has 0 unspecified atom stereocenters. The van der Waals surface area contributed by atoms with Crippen LogP contribution in [0.5, 0.6) is 0 Å². The number of amides is 1. The van der Waals surface area contributed by atoms with Crippen LogP contribution in [0, 0.1) is 6.92 Å². The van der Waals surface area contributed by atoms with E-state index in [1.54, 1.807) is 11.0 Å². The second-order valence-electron chi connectivity index (χ2n) is 6.93. The highest BCUT2D eigenvalue weighted by Gasteiger charge is 2.16. The third-order valence-corrected chi connectivity index (χ3v) is 4.61. The molecular formula is C22H21N5O. The largest absolute Gasteiger partial charge is 0.348 e. The molecule has 2 aromatic heterocycles. The number of hydrogen-bond donors (Lipinski definition) is 1. The van der Waals surface area contributed by atoms with Gasteiger partial charge in [0.2, 0.25) is 0 Å². The number of carbonyl (C=O) groups excluding carboxylic acids is 1. The SMILES string of the molecule is Cc1ccc(-c2cc(C(=O)N[C@H](C)Cn3cncn3)c3ccccc3n2)cc1. The minimum Gasteiger partial charge on any atom is -0.348 e. The van der Waals surface area contributed by atoms with Crippen LogP contribution in [0.2, 0.25) is 0 Å². The van der Waals surface area contributed by atoms with Gasteiger partial charge in [-0.1, -0.05) is 48.0 Å². The Morgan fingerprint density at radius 3 is 2.68 bits per heavy atom. The number of carbonyl (C=O) groups is 1. The van der Waals surface area contributed by atoms with Crippen molar-refractivity contribution in [3.63, 3.8) is 0 Å². The van der Waals surface area contributed by atoms with Crippen LogP contribution in [0.25, 0.3) is 22.2 Å². The zero-order valence-corrected chi connectivity index (χ0v) is 15.8. The van der Waals surface area contributed by atoms with Gasteiger partial charge in [-0.25, -0.2) is 9.97 Å². The highest BCUT2D eigenvalue weighted by atomic mass is 16.1. The van der Waals surface area contributed by atoms with Gasteiger partial charge >= 0.3 is 0 Å². The number of nitrogens with one attached hydrogen (secondary N) is 1. The normalized spacial score (nSPS) is 12.1. The number of rotatable bonds is 5. The molecule has 6 nitrogen and oxygen atoms in total. The van der Waals surface area contributed by atoms with Gasteiger partial charge in [0.15, 0.2) is 0 Å². The van der Waals surface area contributed by atoms with Crippen LogP contribution in [0.1, 0.15) is 22.8 Å². The molecule has 0 aliphatic carbocycles. The first-order valence-corrected chi connectivity index (χ1v) is 9.20. The van der Waals surface area contributed by atoms with Crippen LogP contribution < -0.4 is 5.32 Å². The summed E-state index contributed by atoms with van der Waals surface area (Å²) in [5, 5.41) is 7.99. The van der Waals surface area contributed by atoms with E-state index >= 15 is 0 Å². The van der Waals surface area contributed by atoms with Crippen molar-refractivity contribution in [1.82, 2.24) is 25.1 Å². The Morgan fingerprint density at radius 2 is 1.93 bits per heavy atom. The number of hydrogen-bond acceptors (Lipinski definition) is 4. The molecule has 1 N–H and O–H groups in total. The lowest BCUT2D eigenvalue weighted by Gasteiger charge is -2.15. The number of aromatic nitrogens is 4. The predicted molar refractivity (Wildman–Crippen MR) is 109 cm³/mol. The smallest absolute Gasteiger partial charge is 0.252 e. The Bertz CT molecular complexity index is 1100. The first kappa shape index (κ1) is 17.9. The van der Waals surface area contributed by atoms with Gasteiger partial charge in [0, 0.05) is 17.0 Å². The lowest BCUT2D eigenvalue weighted by Crippen LogP contribution is -2.36. The number of pyridine rings is 1. The summed E-state index contributed by atoms with van der Waals surface area (Å²) in [6.45, 7) is 4.55. The monoisotopic (exact) mass is 371 g/mol. The molecule has 4 rings (SSSR count). The molecule has 0 aliphatic heterocycles. The molecule has 4 aromatic rings. The van der Waals surface area contributed by atoms with Gasteiger partial charge in [-0.15, -0.1) is 0 Å². The molecule has 1 atom stereocenters. The van der Waals surface area contributed by atoms with Crippen LogP contribution in [0.4, 0.5) is 0 Å². The first-order valence-electron chi connectivity index (χ1n) is 9.20. The van der Waals surface area contributed by atoms with E-state index in [9.17, 15) is 4.79 Å². The van der Waals surface area contributed by atoms with Crippen LogP contribution in [0.3, 0.4) is 0 Å². The Balaban J connectivity index is 1.68. The summed E-state index contributed by atoms with van der Waals surface area (Å²) in [7, 11) is 0. The number of para-hydroxylation sites is 1. The van der Waals surface area contributed by atoms with Crippen molar-refractivity contribution in [2.24, 2.45) is 0 Å². The summed E-state index contributed by atoms with van der Waals surface area (Å²) in [4.78, 5) is 21.7. The highest BCUT2D eigenvalue weighted by Crippen LogP contribution is 2.25. The molecule has 6 heteroatoms. The molecule has 2 heterocycles. The molecule has 0 aliphatic rings. The Hall–Kier alpha value is -3.54. The zero-order valence-electron chi connectivity index (χ0n) is 15.8. The van der Waals surface area contributed by atoms with E-state index < -0.39 is 0 Å². The van der Waals surface area contributed by atoms with E-state index in [4.69, 9.17) is 4.98 Å². The summed E-state index contributed by atoms with van der Waals surface area (Å²) < 4.78 is 1.70. The van der Waals surface area contributed by atoms with Gasteiger partial charge in [0.05, 0.1) is 23.3 Å². The van der Waals surface area contributed by atoms with E-state index in [0.717, 1.165) is 22.2 Å². The molecule has 0 spiro atoms. The van der Waals surface area contributed by atoms with E-state index in [2.05, 4.69) is 15.4 Å². The molecule has 0 radical (unpaired) electrons. The second-order valence-corrected chi connectivity index (χ2v) is 6.93. The maximum absolute atomic E-state index is 13.1. The average Bonchev–Trinajstić information content (AvgIpc) is 3.20. The van der Waals surface area contributed by atoms with E-state index in [1.165, 1.54) is 11.9 Å². The minimum absolute atomic E-state index is 0.0936. The summed E-state index contributed by atoms with van der Waals surface area (Å²) in [5.74, 6) is -0.125. The Morgan fingerprint density at radius 1 is 1.14 bits per heavy atom. The lowest BCUT2D eigenvalue weighted by atomic mass is 10.0. The standard InChI is InChI=1S/C22H21N5O/c1-15-7-9-17(10-8-15)21-11-19(18-5-3-4-6-20(18)26-21)22(28)25-16(2)12-27-14-23-13-24-27/h3-11,13-14,16H,12H2,1-2H3,(H,25,28)/t16-/m1/s1. The van der Waals surface area contributed by atoms with Crippen molar-refractivity contribution >= 4 is 16.8 Å². The van der Waals surface area contributed by atoms with Crippen molar-refractivity contribution in [2.45, 2.75) is 26.4 Å². The minimum atomic E-state index is -0.125. The zero-order chi connectivity index (χ0) is 19.5. The predicted octanol–water partition coefficient (Wildman–Crippen LogP) is 3.62. The summed E-state index contributed by atoms with van der Waals surface area (Å²) >= 11 is 0. The number of nitrogens with zero attached hydrogens (tertiary/aromatic N) is 4. The van der Waals surface area contributed by atoms with Gasteiger partial charge in [-0.05, 0) is 26.0 Å². The molecule has 140 valence electrons. The van der Waals surface area contributed by atoms with Crippen LogP contribution in [-0.2, 0) is 6.54 Å². The summed E-state index contributed by atoms with van der Waals surface area (Å²) in [6, 6.07) is 17.6. The average molecular weight is 371 g/mol. The fourth-order valence-electron chi connectivity index (χ4n) is 3.19. The lowest BCUT2D eigenvalue weighted by molar-refractivity contribution is 0.0937. The molecule has 28 heavy (non-hydrogen) atoms. The van der Waals surface area contributed by atoms with Gasteiger partial charge in [-0.2, -0.15) is 5.10 Å². The van der Waals surface area contributed by atoms with Crippen molar-refractivity contribution in [3.05, 3.63) is 78.4 Å². The fourth-order valence-corrected chi connectivity index (χ4v) is 3.19. The summed E-state index contributed by atoms with van der Waals surface area (Å²) in [6.07, 6.45) is 3.12. The second kappa shape index (κ2) is 7.60. The number of aryl methyl sites for hydroxylation is 1. The van der Waals surface area contributed by atoms with E-state index in [1.807, 2.05) is 68.4 Å². The van der Waals surface area contributed by atoms with E-state index in [0.29, 0.717) is 12.1 Å². The van der Waals surface area contributed by atoms with Gasteiger partial charge in [0.1, 0.15) is 12.7 Å². The molecule has 0 saturated carbocycles. The number of fused-ring (bicyclic) bond motifs is 1. The number of benzene rings is 2. The molecule has 2 aromatic carbocycles. The van der Waals surface area contributed by atoms with Crippen molar-refractivity contribution in [3.8, 4) is 11.3 Å². The Labute approximate surface area is 163 Å². The molecule has 0 saturated heterocycles. The highest BCUT2D eigenvalue weighted by molar-refractivity contribution is 6.07. The molecular weight excluding hydrogens is 350 g/mol. The molecule has 1 amide bonds. The molecule has 0 fully saturated rings. The summed E-state index contributed by atoms with van der Waals surface area (Å²) in [5.41, 5.74) is 4.37. The third-order valence-electron chi connectivity index (χ3n) is 4.61. The quantitative estimate of drug-likeness (QED) is 0.582. The van der Waals surface area contributed by atoms with Crippen molar-refractivity contribution in [1.29, 1.82) is 0 Å². The van der Waals surface area contributed by atoms with Gasteiger partial charge in [-0.3, -0.25) is 9.48 Å². The van der Waals surface area contributed by atoms with Crippen molar-refractivity contribution < 1.29 is 4.79 Å². The first-order chi connectivity index (χ1) is 13.6. The Kier molecular flexibility index (Phi) is 4.85. The maximum atomic E-state index is 13.1. The topological polar surface area (TPSA) is 72.7 Å². The van der Waals surface area contributed by atoms with Crippen LogP contribution in [-0.4, -0.2) is 31.7 Å². The van der Waals surface area contributed by atoms with E-state index in [-0.39, 0.29) is 11.9 Å². The van der Waals surface area contributed by atoms with Crippen molar-refractivity contribution in [2.75, 3.05) is 0 Å².